The summed E-state index contributed by atoms with van der Waals surface area (Å²) >= 11 is 1.54. The van der Waals surface area contributed by atoms with Crippen molar-refractivity contribution in [1.82, 2.24) is 0 Å². The summed E-state index contributed by atoms with van der Waals surface area (Å²) in [5.74, 6) is -4.11. The van der Waals surface area contributed by atoms with Crippen molar-refractivity contribution in [2.75, 3.05) is 0 Å². The fourth-order valence-electron chi connectivity index (χ4n) is 2.28. The van der Waals surface area contributed by atoms with Gasteiger partial charge in [0.15, 0.2) is 17.5 Å². The van der Waals surface area contributed by atoms with E-state index in [1.165, 1.54) is 0 Å². The lowest BCUT2D eigenvalue weighted by Crippen LogP contribution is -2.04. The lowest BCUT2D eigenvalue weighted by Gasteiger charge is -2.11. The minimum atomic E-state index is -1.52. The van der Waals surface area contributed by atoms with E-state index < -0.39 is 23.6 Å². The molecule has 0 fully saturated rings. The van der Waals surface area contributed by atoms with Crippen LogP contribution in [0, 0.1) is 17.5 Å². The van der Waals surface area contributed by atoms with Crippen LogP contribution in [0.2, 0.25) is 0 Å². The fourth-order valence-corrected chi connectivity index (χ4v) is 3.26. The highest BCUT2D eigenvalue weighted by molar-refractivity contribution is 7.17. The van der Waals surface area contributed by atoms with Gasteiger partial charge < -0.3 is 5.11 Å². The summed E-state index contributed by atoms with van der Waals surface area (Å²) in [6.45, 7) is 0. The molecule has 108 valence electrons. The average molecular weight is 308 g/mol. The first-order valence-electron chi connectivity index (χ1n) is 6.34. The number of halogens is 3. The van der Waals surface area contributed by atoms with Crippen LogP contribution in [0.15, 0.2) is 41.8 Å². The Morgan fingerprint density at radius 2 is 1.71 bits per heavy atom. The van der Waals surface area contributed by atoms with Gasteiger partial charge in [0.25, 0.3) is 0 Å². The molecule has 0 spiro atoms. The van der Waals surface area contributed by atoms with E-state index >= 15 is 0 Å². The number of rotatable bonds is 3. The third-order valence-corrected chi connectivity index (χ3v) is 4.38. The molecule has 1 unspecified atom stereocenters. The highest BCUT2D eigenvalue weighted by Crippen LogP contribution is 2.30. The Kier molecular flexibility index (Phi) is 3.69. The maximum Gasteiger partial charge on any atom is 0.194 e. The minimum absolute atomic E-state index is 0.0293. The molecule has 0 aliphatic heterocycles. The highest BCUT2D eigenvalue weighted by Gasteiger charge is 2.17. The molecule has 0 aliphatic carbocycles. The van der Waals surface area contributed by atoms with E-state index in [9.17, 15) is 18.3 Å². The van der Waals surface area contributed by atoms with Crippen LogP contribution in [0.3, 0.4) is 0 Å². The average Bonchev–Trinajstić information content (AvgIpc) is 2.87. The zero-order valence-electron chi connectivity index (χ0n) is 10.8. The van der Waals surface area contributed by atoms with E-state index in [4.69, 9.17) is 0 Å². The Bertz CT molecular complexity index is 774. The second-order valence-corrected chi connectivity index (χ2v) is 5.69. The monoisotopic (exact) mass is 308 g/mol. The topological polar surface area (TPSA) is 20.2 Å². The van der Waals surface area contributed by atoms with Crippen LogP contribution in [-0.2, 0) is 6.42 Å². The van der Waals surface area contributed by atoms with Crippen molar-refractivity contribution in [1.29, 1.82) is 0 Å². The maximum absolute atomic E-state index is 13.2. The van der Waals surface area contributed by atoms with Crippen molar-refractivity contribution >= 4 is 21.4 Å². The summed E-state index contributed by atoms with van der Waals surface area (Å²) in [6.07, 6.45) is -0.873. The predicted molar refractivity (Wildman–Crippen MR) is 76.8 cm³/mol. The van der Waals surface area contributed by atoms with Crippen molar-refractivity contribution in [3.63, 3.8) is 0 Å². The zero-order valence-corrected chi connectivity index (χ0v) is 11.6. The van der Waals surface area contributed by atoms with Gasteiger partial charge in [-0.2, -0.15) is 0 Å². The van der Waals surface area contributed by atoms with Crippen molar-refractivity contribution in [2.24, 2.45) is 0 Å². The molecule has 0 radical (unpaired) electrons. The lowest BCUT2D eigenvalue weighted by molar-refractivity contribution is 0.177. The van der Waals surface area contributed by atoms with E-state index in [2.05, 4.69) is 0 Å². The second-order valence-electron chi connectivity index (χ2n) is 4.78. The van der Waals surface area contributed by atoms with Crippen molar-refractivity contribution in [2.45, 2.75) is 12.5 Å². The molecule has 5 heteroatoms. The molecule has 1 aromatic heterocycles. The van der Waals surface area contributed by atoms with E-state index in [1.54, 1.807) is 11.3 Å². The Labute approximate surface area is 123 Å². The molecule has 1 heterocycles. The summed E-state index contributed by atoms with van der Waals surface area (Å²) in [6, 6.07) is 9.37. The lowest BCUT2D eigenvalue weighted by atomic mass is 10.0. The molecule has 0 saturated carbocycles. The molecule has 3 rings (SSSR count). The normalized spacial score (nSPS) is 12.8. The first-order valence-corrected chi connectivity index (χ1v) is 7.22. The van der Waals surface area contributed by atoms with E-state index in [1.807, 2.05) is 29.6 Å². The zero-order chi connectivity index (χ0) is 15.0. The van der Waals surface area contributed by atoms with Crippen molar-refractivity contribution < 1.29 is 18.3 Å². The second kappa shape index (κ2) is 5.50. The van der Waals surface area contributed by atoms with Gasteiger partial charge in [0.05, 0.1) is 6.10 Å². The van der Waals surface area contributed by atoms with Crippen molar-refractivity contribution in [3.05, 3.63) is 70.4 Å². The highest BCUT2D eigenvalue weighted by atomic mass is 32.1. The summed E-state index contributed by atoms with van der Waals surface area (Å²) in [4.78, 5) is 0. The summed E-state index contributed by atoms with van der Waals surface area (Å²) in [7, 11) is 0. The largest absolute Gasteiger partial charge is 0.388 e. The van der Waals surface area contributed by atoms with Crippen LogP contribution in [0.5, 0.6) is 0 Å². The van der Waals surface area contributed by atoms with Gasteiger partial charge in [-0.15, -0.1) is 11.3 Å². The van der Waals surface area contributed by atoms with E-state index in [-0.39, 0.29) is 12.0 Å². The molecule has 2 aromatic carbocycles. The van der Waals surface area contributed by atoms with Gasteiger partial charge in [-0.1, -0.05) is 18.2 Å². The number of hydrogen-bond donors (Lipinski definition) is 1. The number of aliphatic hydroxyl groups excluding tert-OH is 1. The van der Waals surface area contributed by atoms with Gasteiger partial charge >= 0.3 is 0 Å². The maximum atomic E-state index is 13.2. The summed E-state index contributed by atoms with van der Waals surface area (Å²) < 4.78 is 40.4. The molecule has 1 nitrogen and oxygen atoms in total. The molecule has 0 saturated heterocycles. The van der Waals surface area contributed by atoms with Gasteiger partial charge in [0.1, 0.15) is 0 Å². The van der Waals surface area contributed by atoms with Gasteiger partial charge in [-0.05, 0) is 40.1 Å². The first-order chi connectivity index (χ1) is 10.1. The number of hydrogen-bond acceptors (Lipinski definition) is 2. The molecule has 21 heavy (non-hydrogen) atoms. The van der Waals surface area contributed by atoms with Gasteiger partial charge in [0.2, 0.25) is 0 Å². The first kappa shape index (κ1) is 14.1. The molecular formula is C16H11F3OS. The number of fused-ring (bicyclic) bond motifs is 1. The van der Waals surface area contributed by atoms with Crippen molar-refractivity contribution in [3.8, 4) is 0 Å². The molecule has 1 N–H and O–H groups in total. The summed E-state index contributed by atoms with van der Waals surface area (Å²) in [5, 5.41) is 13.1. The number of benzene rings is 2. The Morgan fingerprint density at radius 1 is 1.05 bits per heavy atom. The number of aliphatic hydroxyl groups is 1. The molecular weight excluding hydrogens is 297 g/mol. The predicted octanol–water partition coefficient (Wildman–Crippen LogP) is 4.59. The van der Waals surface area contributed by atoms with Crippen LogP contribution in [-0.4, -0.2) is 5.11 Å². The third-order valence-electron chi connectivity index (χ3n) is 3.37. The molecule has 0 amide bonds. The van der Waals surface area contributed by atoms with Crippen LogP contribution < -0.4 is 0 Å². The minimum Gasteiger partial charge on any atom is -0.388 e. The van der Waals surface area contributed by atoms with Gasteiger partial charge in [-0.25, -0.2) is 13.2 Å². The fraction of sp³-hybridized carbons (Fsp3) is 0.125. The molecule has 3 aromatic rings. The summed E-state index contributed by atoms with van der Waals surface area (Å²) in [5.41, 5.74) is 0.926. The Morgan fingerprint density at radius 3 is 2.43 bits per heavy atom. The van der Waals surface area contributed by atoms with Crippen LogP contribution >= 0.6 is 11.3 Å². The Hall–Kier alpha value is -1.85. The SMILES string of the molecule is OC(Cc1csc2ccccc12)c1cc(F)c(F)c(F)c1. The standard InChI is InChI=1S/C16H11F3OS/c17-12-5-9(6-13(18)16(12)19)14(20)7-10-8-21-15-4-2-1-3-11(10)15/h1-6,8,14,20H,7H2. The van der Waals surface area contributed by atoms with Gasteiger partial charge in [-0.3, -0.25) is 0 Å². The quantitative estimate of drug-likeness (QED) is 0.701. The van der Waals surface area contributed by atoms with E-state index in [0.29, 0.717) is 0 Å². The number of thiophene rings is 1. The van der Waals surface area contributed by atoms with Crippen LogP contribution in [0.4, 0.5) is 13.2 Å². The van der Waals surface area contributed by atoms with Gasteiger partial charge in [0, 0.05) is 11.1 Å². The smallest absolute Gasteiger partial charge is 0.194 e. The molecule has 1 atom stereocenters. The Balaban J connectivity index is 1.91. The molecule has 0 aliphatic rings. The van der Waals surface area contributed by atoms with E-state index in [0.717, 1.165) is 27.8 Å². The third kappa shape index (κ3) is 2.66. The molecule has 0 bridgehead atoms. The van der Waals surface area contributed by atoms with Crippen LogP contribution in [0.1, 0.15) is 17.2 Å². The van der Waals surface area contributed by atoms with Crippen LogP contribution in [0.25, 0.3) is 10.1 Å².